The molecule has 0 spiro atoms. The number of nitrogens with two attached hydrogens (primary N) is 1. The molecule has 0 fully saturated rings. The molecule has 0 aromatic rings. The van der Waals surface area contributed by atoms with E-state index in [0.29, 0.717) is 12.3 Å². The molecule has 0 aliphatic heterocycles. The lowest BCUT2D eigenvalue weighted by Gasteiger charge is -2.24. The molecule has 0 heterocycles. The van der Waals surface area contributed by atoms with Crippen LogP contribution in [-0.4, -0.2) is 41.2 Å². The van der Waals surface area contributed by atoms with Gasteiger partial charge in [-0.2, -0.15) is 11.8 Å². The van der Waals surface area contributed by atoms with Gasteiger partial charge < -0.3 is 16.2 Å². The predicted molar refractivity (Wildman–Crippen MR) is 55.7 cm³/mol. The van der Waals surface area contributed by atoms with Crippen molar-refractivity contribution in [3.63, 3.8) is 0 Å². The molecule has 4 nitrogen and oxygen atoms in total. The van der Waals surface area contributed by atoms with E-state index in [4.69, 9.17) is 5.73 Å². The average Bonchev–Trinajstić information content (AvgIpc) is 2.00. The third-order valence-electron chi connectivity index (χ3n) is 1.67. The Labute approximate surface area is 83.3 Å². The lowest BCUT2D eigenvalue weighted by Crippen LogP contribution is -2.47. The molecule has 0 saturated carbocycles. The summed E-state index contributed by atoms with van der Waals surface area (Å²) in [5.74, 6) is 0.228. The molecule has 0 aromatic heterocycles. The van der Waals surface area contributed by atoms with Gasteiger partial charge in [0.1, 0.15) is 0 Å². The second kappa shape index (κ2) is 5.47. The van der Waals surface area contributed by atoms with Crippen molar-refractivity contribution in [3.05, 3.63) is 0 Å². The maximum atomic E-state index is 10.6. The Hall–Kier alpha value is -0.260. The fourth-order valence-electron chi connectivity index (χ4n) is 0.836. The van der Waals surface area contributed by atoms with Crippen LogP contribution in [0.2, 0.25) is 0 Å². The molecule has 2 atom stereocenters. The van der Waals surface area contributed by atoms with Gasteiger partial charge in [0.15, 0.2) is 0 Å². The Balaban J connectivity index is 3.80. The van der Waals surface area contributed by atoms with Crippen molar-refractivity contribution in [2.75, 3.05) is 18.6 Å². The topological polar surface area (TPSA) is 75.3 Å². The standard InChI is InChI=1S/C8H18N2O2S/c1-6(7(9)11)10-4-8(2,12)5-13-3/h6,10,12H,4-5H2,1-3H3,(H2,9,11). The van der Waals surface area contributed by atoms with Gasteiger partial charge in [0.05, 0.1) is 11.6 Å². The van der Waals surface area contributed by atoms with E-state index in [2.05, 4.69) is 5.32 Å². The minimum atomic E-state index is -0.789. The van der Waals surface area contributed by atoms with Crippen LogP contribution in [0.15, 0.2) is 0 Å². The van der Waals surface area contributed by atoms with Gasteiger partial charge in [0, 0.05) is 12.3 Å². The van der Waals surface area contributed by atoms with Gasteiger partial charge in [-0.05, 0) is 20.1 Å². The highest BCUT2D eigenvalue weighted by atomic mass is 32.2. The molecule has 0 radical (unpaired) electrons. The first-order valence-corrected chi connectivity index (χ1v) is 5.52. The third-order valence-corrected chi connectivity index (χ3v) is 2.58. The molecule has 0 aromatic carbocycles. The van der Waals surface area contributed by atoms with Crippen molar-refractivity contribution in [2.45, 2.75) is 25.5 Å². The molecule has 78 valence electrons. The third kappa shape index (κ3) is 5.90. The SMILES string of the molecule is CSCC(C)(O)CNC(C)C(N)=O. The number of primary amides is 1. The largest absolute Gasteiger partial charge is 0.388 e. The smallest absolute Gasteiger partial charge is 0.234 e. The Kier molecular flexibility index (Phi) is 5.36. The zero-order chi connectivity index (χ0) is 10.5. The lowest BCUT2D eigenvalue weighted by molar-refractivity contribution is -0.119. The Bertz CT molecular complexity index is 174. The van der Waals surface area contributed by atoms with Gasteiger partial charge in [-0.15, -0.1) is 0 Å². The minimum absolute atomic E-state index is 0.373. The van der Waals surface area contributed by atoms with E-state index in [1.165, 1.54) is 0 Å². The summed E-state index contributed by atoms with van der Waals surface area (Å²) in [5.41, 5.74) is 4.26. The number of amides is 1. The summed E-state index contributed by atoms with van der Waals surface area (Å²) in [4.78, 5) is 10.6. The van der Waals surface area contributed by atoms with Gasteiger partial charge in [-0.25, -0.2) is 0 Å². The Morgan fingerprint density at radius 2 is 2.31 bits per heavy atom. The van der Waals surface area contributed by atoms with Crippen LogP contribution in [0.4, 0.5) is 0 Å². The fourth-order valence-corrected chi connectivity index (χ4v) is 1.56. The summed E-state index contributed by atoms with van der Waals surface area (Å²) in [6.45, 7) is 3.78. The molecule has 0 aliphatic rings. The molecule has 0 bridgehead atoms. The maximum absolute atomic E-state index is 10.6. The molecule has 0 aliphatic carbocycles. The normalized spacial score (nSPS) is 17.8. The number of rotatable bonds is 6. The quantitative estimate of drug-likeness (QED) is 0.551. The zero-order valence-corrected chi connectivity index (χ0v) is 9.15. The second-order valence-corrected chi connectivity index (χ2v) is 4.30. The molecule has 5 heteroatoms. The van der Waals surface area contributed by atoms with E-state index in [-0.39, 0.29) is 0 Å². The van der Waals surface area contributed by atoms with E-state index >= 15 is 0 Å². The first-order chi connectivity index (χ1) is 5.89. The average molecular weight is 206 g/mol. The van der Waals surface area contributed by atoms with Crippen LogP contribution in [0, 0.1) is 0 Å². The second-order valence-electron chi connectivity index (χ2n) is 3.43. The van der Waals surface area contributed by atoms with Gasteiger partial charge in [0.25, 0.3) is 0 Å². The monoisotopic (exact) mass is 206 g/mol. The number of carbonyl (C=O) groups is 1. The highest BCUT2D eigenvalue weighted by Crippen LogP contribution is 2.09. The summed E-state index contributed by atoms with van der Waals surface area (Å²) in [5, 5.41) is 12.6. The Morgan fingerprint density at radius 3 is 2.69 bits per heavy atom. The zero-order valence-electron chi connectivity index (χ0n) is 8.33. The van der Waals surface area contributed by atoms with Crippen LogP contribution in [-0.2, 0) is 4.79 Å². The molecular formula is C8H18N2O2S. The van der Waals surface area contributed by atoms with Crippen molar-refractivity contribution in [3.8, 4) is 0 Å². The summed E-state index contributed by atoms with van der Waals surface area (Å²) in [7, 11) is 0. The van der Waals surface area contributed by atoms with Crippen LogP contribution in [0.5, 0.6) is 0 Å². The van der Waals surface area contributed by atoms with Crippen molar-refractivity contribution in [1.82, 2.24) is 5.32 Å². The number of hydrogen-bond acceptors (Lipinski definition) is 4. The van der Waals surface area contributed by atoms with Gasteiger partial charge in [-0.1, -0.05) is 0 Å². The van der Waals surface area contributed by atoms with Gasteiger partial charge in [0.2, 0.25) is 5.91 Å². The van der Waals surface area contributed by atoms with Crippen LogP contribution in [0.1, 0.15) is 13.8 Å². The van der Waals surface area contributed by atoms with Crippen LogP contribution in [0.25, 0.3) is 0 Å². The first kappa shape index (κ1) is 12.7. The summed E-state index contributed by atoms with van der Waals surface area (Å²) in [6, 6.07) is -0.395. The van der Waals surface area contributed by atoms with E-state index in [1.54, 1.807) is 25.6 Å². The molecule has 0 saturated heterocycles. The summed E-state index contributed by atoms with van der Waals surface area (Å²) >= 11 is 1.56. The predicted octanol–water partition coefficient (Wildman–Crippen LogP) is -0.436. The molecule has 1 amide bonds. The summed E-state index contributed by atoms with van der Waals surface area (Å²) in [6.07, 6.45) is 1.92. The van der Waals surface area contributed by atoms with Crippen molar-refractivity contribution < 1.29 is 9.90 Å². The highest BCUT2D eigenvalue weighted by Gasteiger charge is 2.21. The van der Waals surface area contributed by atoms with Gasteiger partial charge in [-0.3, -0.25) is 4.79 Å². The van der Waals surface area contributed by atoms with Crippen molar-refractivity contribution in [1.29, 1.82) is 0 Å². The Morgan fingerprint density at radius 1 is 1.77 bits per heavy atom. The van der Waals surface area contributed by atoms with Gasteiger partial charge >= 0.3 is 0 Å². The van der Waals surface area contributed by atoms with E-state index < -0.39 is 17.6 Å². The fraction of sp³-hybridized carbons (Fsp3) is 0.875. The summed E-state index contributed by atoms with van der Waals surface area (Å²) < 4.78 is 0. The van der Waals surface area contributed by atoms with E-state index in [0.717, 1.165) is 0 Å². The van der Waals surface area contributed by atoms with E-state index in [9.17, 15) is 9.90 Å². The number of carbonyl (C=O) groups excluding carboxylic acids is 1. The van der Waals surface area contributed by atoms with Crippen molar-refractivity contribution >= 4 is 17.7 Å². The first-order valence-electron chi connectivity index (χ1n) is 4.13. The van der Waals surface area contributed by atoms with Crippen LogP contribution < -0.4 is 11.1 Å². The van der Waals surface area contributed by atoms with Crippen LogP contribution >= 0.6 is 11.8 Å². The minimum Gasteiger partial charge on any atom is -0.388 e. The molecule has 2 unspecified atom stereocenters. The maximum Gasteiger partial charge on any atom is 0.234 e. The lowest BCUT2D eigenvalue weighted by atomic mass is 10.1. The molecule has 4 N–H and O–H groups in total. The number of nitrogens with one attached hydrogen (secondary N) is 1. The number of thioether (sulfide) groups is 1. The molecular weight excluding hydrogens is 188 g/mol. The van der Waals surface area contributed by atoms with Crippen LogP contribution in [0.3, 0.4) is 0 Å². The molecule has 13 heavy (non-hydrogen) atoms. The highest BCUT2D eigenvalue weighted by molar-refractivity contribution is 7.98. The van der Waals surface area contributed by atoms with E-state index in [1.807, 2.05) is 6.26 Å². The number of hydrogen-bond donors (Lipinski definition) is 3. The number of aliphatic hydroxyl groups is 1. The van der Waals surface area contributed by atoms with Crippen molar-refractivity contribution in [2.24, 2.45) is 5.73 Å². The molecule has 0 rings (SSSR count).